The Morgan fingerprint density at radius 1 is 1.17 bits per heavy atom. The molecule has 3 rings (SSSR count). The second kappa shape index (κ2) is 11.0. The predicted octanol–water partition coefficient (Wildman–Crippen LogP) is 3.56. The highest BCUT2D eigenvalue weighted by Gasteiger charge is 2.18. The zero-order valence-corrected chi connectivity index (χ0v) is 18.3. The van der Waals surface area contributed by atoms with E-state index < -0.39 is 0 Å². The third-order valence-electron chi connectivity index (χ3n) is 5.56. The van der Waals surface area contributed by atoms with E-state index in [1.807, 2.05) is 57.3 Å². The number of carbonyl (C=O) groups is 1. The number of carbonyl (C=O) groups excluding carboxylic acids is 1. The molecular formula is C24H33N3O3. The monoisotopic (exact) mass is 411 g/mol. The number of hydrogen-bond donors (Lipinski definition) is 1. The summed E-state index contributed by atoms with van der Waals surface area (Å²) in [6.45, 7) is 8.73. The van der Waals surface area contributed by atoms with Gasteiger partial charge in [0.05, 0.1) is 25.9 Å². The molecule has 1 heterocycles. The number of nitrogens with one attached hydrogen (secondary N) is 1. The van der Waals surface area contributed by atoms with Gasteiger partial charge in [0.25, 0.3) is 0 Å². The number of likely N-dealkylation sites (N-methyl/N-ethyl adjacent to an activating group) is 1. The summed E-state index contributed by atoms with van der Waals surface area (Å²) in [6, 6.07) is 15.8. The molecule has 6 nitrogen and oxygen atoms in total. The lowest BCUT2D eigenvalue weighted by atomic mass is 10.2. The van der Waals surface area contributed by atoms with E-state index >= 15 is 0 Å². The average molecular weight is 412 g/mol. The molecule has 1 aliphatic rings. The standard InChI is InChI=1S/C24H33N3O3/c1-19-7-4-5-8-23(19)30-16-6-13-26(3)20(2)24(28)25-21-9-11-22(12-10-21)27-14-17-29-18-15-27/h4-5,7-12,20H,6,13-18H2,1-3H3,(H,25,28). The number of benzene rings is 2. The maximum absolute atomic E-state index is 12.6. The summed E-state index contributed by atoms with van der Waals surface area (Å²) in [7, 11) is 1.97. The van der Waals surface area contributed by atoms with Gasteiger partial charge in [-0.3, -0.25) is 9.69 Å². The van der Waals surface area contributed by atoms with Crippen LogP contribution in [0.1, 0.15) is 18.9 Å². The van der Waals surface area contributed by atoms with Crippen LogP contribution in [0.5, 0.6) is 5.75 Å². The van der Waals surface area contributed by atoms with E-state index in [1.165, 1.54) is 0 Å². The first-order valence-electron chi connectivity index (χ1n) is 10.7. The Morgan fingerprint density at radius 3 is 2.57 bits per heavy atom. The van der Waals surface area contributed by atoms with Crippen molar-refractivity contribution in [2.45, 2.75) is 26.3 Å². The molecular weight excluding hydrogens is 378 g/mol. The Labute approximate surface area is 179 Å². The van der Waals surface area contributed by atoms with Crippen molar-refractivity contribution in [2.24, 2.45) is 0 Å². The summed E-state index contributed by atoms with van der Waals surface area (Å²) in [4.78, 5) is 17.0. The van der Waals surface area contributed by atoms with Crippen LogP contribution in [0, 0.1) is 6.92 Å². The van der Waals surface area contributed by atoms with Crippen molar-refractivity contribution in [3.05, 3.63) is 54.1 Å². The topological polar surface area (TPSA) is 54.0 Å². The fraction of sp³-hybridized carbons (Fsp3) is 0.458. The first-order chi connectivity index (χ1) is 14.5. The number of anilines is 2. The average Bonchev–Trinajstić information content (AvgIpc) is 2.78. The lowest BCUT2D eigenvalue weighted by molar-refractivity contribution is -0.120. The molecule has 2 aromatic carbocycles. The lowest BCUT2D eigenvalue weighted by Crippen LogP contribution is -2.40. The summed E-state index contributed by atoms with van der Waals surface area (Å²) >= 11 is 0. The van der Waals surface area contributed by atoms with Gasteiger partial charge in [-0.1, -0.05) is 18.2 Å². The van der Waals surface area contributed by atoms with E-state index in [4.69, 9.17) is 9.47 Å². The van der Waals surface area contributed by atoms with Gasteiger partial charge in [0.2, 0.25) is 5.91 Å². The lowest BCUT2D eigenvalue weighted by Gasteiger charge is -2.29. The Bertz CT molecular complexity index is 804. The van der Waals surface area contributed by atoms with E-state index in [2.05, 4.69) is 27.2 Å². The molecule has 30 heavy (non-hydrogen) atoms. The van der Waals surface area contributed by atoms with Crippen LogP contribution in [0.4, 0.5) is 11.4 Å². The molecule has 1 unspecified atom stereocenters. The Morgan fingerprint density at radius 2 is 1.87 bits per heavy atom. The molecule has 1 aliphatic heterocycles. The van der Waals surface area contributed by atoms with Crippen LogP contribution in [0.2, 0.25) is 0 Å². The highest BCUT2D eigenvalue weighted by Crippen LogP contribution is 2.19. The number of hydrogen-bond acceptors (Lipinski definition) is 5. The van der Waals surface area contributed by atoms with Gasteiger partial charge < -0.3 is 19.7 Å². The second-order valence-corrected chi connectivity index (χ2v) is 7.76. The van der Waals surface area contributed by atoms with E-state index in [9.17, 15) is 4.79 Å². The molecule has 6 heteroatoms. The molecule has 0 saturated carbocycles. The van der Waals surface area contributed by atoms with Crippen LogP contribution in [0.3, 0.4) is 0 Å². The Hall–Kier alpha value is -2.57. The molecule has 2 aromatic rings. The Balaban J connectivity index is 1.41. The van der Waals surface area contributed by atoms with Gasteiger partial charge in [-0.05, 0) is 63.2 Å². The fourth-order valence-corrected chi connectivity index (χ4v) is 3.43. The van der Waals surface area contributed by atoms with Gasteiger partial charge >= 0.3 is 0 Å². The SMILES string of the molecule is Cc1ccccc1OCCCN(C)C(C)C(=O)Nc1ccc(N2CCOCC2)cc1. The maximum Gasteiger partial charge on any atom is 0.241 e. The van der Waals surface area contributed by atoms with Crippen LogP contribution in [-0.2, 0) is 9.53 Å². The predicted molar refractivity (Wildman–Crippen MR) is 121 cm³/mol. The van der Waals surface area contributed by atoms with Crippen LogP contribution >= 0.6 is 0 Å². The van der Waals surface area contributed by atoms with Gasteiger partial charge in [0, 0.05) is 31.0 Å². The summed E-state index contributed by atoms with van der Waals surface area (Å²) < 4.78 is 11.2. The van der Waals surface area contributed by atoms with Gasteiger partial charge in [-0.25, -0.2) is 0 Å². The van der Waals surface area contributed by atoms with Gasteiger partial charge in [0.15, 0.2) is 0 Å². The summed E-state index contributed by atoms with van der Waals surface area (Å²) in [5, 5.41) is 3.02. The molecule has 162 valence electrons. The van der Waals surface area contributed by atoms with Gasteiger partial charge in [0.1, 0.15) is 5.75 Å². The number of ether oxygens (including phenoxy) is 2. The number of para-hydroxylation sites is 1. The largest absolute Gasteiger partial charge is 0.493 e. The molecule has 0 radical (unpaired) electrons. The maximum atomic E-state index is 12.6. The van der Waals surface area contributed by atoms with Crippen molar-refractivity contribution in [2.75, 3.05) is 56.7 Å². The molecule has 1 amide bonds. The zero-order chi connectivity index (χ0) is 21.3. The number of amides is 1. The number of morpholine rings is 1. The molecule has 0 aromatic heterocycles. The van der Waals surface area contributed by atoms with E-state index in [0.29, 0.717) is 6.61 Å². The van der Waals surface area contributed by atoms with E-state index in [1.54, 1.807) is 0 Å². The van der Waals surface area contributed by atoms with Crippen LogP contribution in [0.25, 0.3) is 0 Å². The zero-order valence-electron chi connectivity index (χ0n) is 18.3. The summed E-state index contributed by atoms with van der Waals surface area (Å²) in [6.07, 6.45) is 0.858. The third kappa shape index (κ3) is 6.21. The fourth-order valence-electron chi connectivity index (χ4n) is 3.43. The molecule has 1 atom stereocenters. The van der Waals surface area contributed by atoms with Crippen LogP contribution in [-0.4, -0.2) is 63.4 Å². The molecule has 1 N–H and O–H groups in total. The van der Waals surface area contributed by atoms with Crippen molar-refractivity contribution >= 4 is 17.3 Å². The van der Waals surface area contributed by atoms with Crippen LogP contribution in [0.15, 0.2) is 48.5 Å². The minimum Gasteiger partial charge on any atom is -0.493 e. The first kappa shape index (κ1) is 22.1. The van der Waals surface area contributed by atoms with E-state index in [-0.39, 0.29) is 11.9 Å². The van der Waals surface area contributed by atoms with Crippen molar-refractivity contribution in [1.82, 2.24) is 4.90 Å². The first-order valence-corrected chi connectivity index (χ1v) is 10.7. The summed E-state index contributed by atoms with van der Waals surface area (Å²) in [5.74, 6) is 0.919. The van der Waals surface area contributed by atoms with Crippen molar-refractivity contribution in [3.63, 3.8) is 0 Å². The minimum absolute atomic E-state index is 0.00329. The number of nitrogens with zero attached hydrogens (tertiary/aromatic N) is 2. The Kier molecular flexibility index (Phi) is 8.11. The third-order valence-corrected chi connectivity index (χ3v) is 5.56. The normalized spacial score (nSPS) is 15.1. The number of rotatable bonds is 9. The molecule has 0 bridgehead atoms. The van der Waals surface area contributed by atoms with Crippen molar-refractivity contribution in [3.8, 4) is 5.75 Å². The number of aryl methyl sites for hydroxylation is 1. The minimum atomic E-state index is -0.220. The highest BCUT2D eigenvalue weighted by atomic mass is 16.5. The molecule has 1 fully saturated rings. The molecule has 1 saturated heterocycles. The molecule has 0 aliphatic carbocycles. The van der Waals surface area contributed by atoms with Crippen LogP contribution < -0.4 is 15.0 Å². The summed E-state index contributed by atoms with van der Waals surface area (Å²) in [5.41, 5.74) is 3.12. The highest BCUT2D eigenvalue weighted by molar-refractivity contribution is 5.94. The molecule has 0 spiro atoms. The quantitative estimate of drug-likeness (QED) is 0.640. The van der Waals surface area contributed by atoms with Crippen molar-refractivity contribution in [1.29, 1.82) is 0 Å². The van der Waals surface area contributed by atoms with Crippen molar-refractivity contribution < 1.29 is 14.3 Å². The van der Waals surface area contributed by atoms with Gasteiger partial charge in [-0.15, -0.1) is 0 Å². The van der Waals surface area contributed by atoms with Gasteiger partial charge in [-0.2, -0.15) is 0 Å². The smallest absolute Gasteiger partial charge is 0.241 e. The second-order valence-electron chi connectivity index (χ2n) is 7.76. The van der Waals surface area contributed by atoms with E-state index in [0.717, 1.165) is 62.0 Å².